The van der Waals surface area contributed by atoms with E-state index < -0.39 is 0 Å². The van der Waals surface area contributed by atoms with Gasteiger partial charge < -0.3 is 4.74 Å². The Morgan fingerprint density at radius 1 is 0.889 bits per heavy atom. The summed E-state index contributed by atoms with van der Waals surface area (Å²) in [6.07, 6.45) is 2.18. The van der Waals surface area contributed by atoms with E-state index in [1.54, 1.807) is 0 Å². The van der Waals surface area contributed by atoms with E-state index in [0.29, 0.717) is 0 Å². The predicted molar refractivity (Wildman–Crippen MR) is 40.7 cm³/mol. The molecule has 0 aromatic heterocycles. The molecule has 0 unspecified atom stereocenters. The van der Waals surface area contributed by atoms with Crippen molar-refractivity contribution in [2.45, 2.75) is 0 Å². The Hall–Kier alpha value is 0.440. The van der Waals surface area contributed by atoms with E-state index in [1.165, 1.54) is 0 Å². The summed E-state index contributed by atoms with van der Waals surface area (Å²) in [6, 6.07) is 0. The van der Waals surface area contributed by atoms with Crippen molar-refractivity contribution in [3.05, 3.63) is 21.5 Å². The predicted octanol–water partition coefficient (Wildman–Crippen LogP) is 3.56. The lowest BCUT2D eigenvalue weighted by Crippen LogP contribution is -1.64. The van der Waals surface area contributed by atoms with Crippen LogP contribution in [0.3, 0.4) is 0 Å². The van der Waals surface area contributed by atoms with Gasteiger partial charge in [-0.3, -0.25) is 0 Å². The molecule has 9 heavy (non-hydrogen) atoms. The Kier molecular flexibility index (Phi) is 5.50. The van der Waals surface area contributed by atoms with Crippen LogP contribution in [0.2, 0.25) is 0 Å². The fraction of sp³-hybridized carbons (Fsp3) is 0. The van der Waals surface area contributed by atoms with Gasteiger partial charge in [0.05, 0.1) is 0 Å². The number of hydrogen-bond donors (Lipinski definition) is 0. The number of ether oxygens (including phenoxy) is 1. The molecule has 0 amide bonds. The monoisotopic (exact) mass is 206 g/mol. The minimum absolute atomic E-state index is 0.000772. The standard InChI is InChI=1S/C4H2Cl4O/c5-3(6)1-9-2-4(7)8/h1-2H. The van der Waals surface area contributed by atoms with Crippen LogP contribution in [-0.2, 0) is 4.74 Å². The topological polar surface area (TPSA) is 9.23 Å². The lowest BCUT2D eigenvalue weighted by Gasteiger charge is -1.87. The highest BCUT2D eigenvalue weighted by Crippen LogP contribution is 2.09. The van der Waals surface area contributed by atoms with E-state index in [1.807, 2.05) is 0 Å². The minimum Gasteiger partial charge on any atom is -0.468 e. The van der Waals surface area contributed by atoms with Gasteiger partial charge in [-0.25, -0.2) is 0 Å². The molecule has 0 aliphatic rings. The van der Waals surface area contributed by atoms with Gasteiger partial charge in [-0.2, -0.15) is 0 Å². The maximum Gasteiger partial charge on any atom is 0.141 e. The SMILES string of the molecule is ClC(Cl)=COC=C(Cl)Cl. The van der Waals surface area contributed by atoms with Gasteiger partial charge >= 0.3 is 0 Å². The van der Waals surface area contributed by atoms with E-state index in [9.17, 15) is 0 Å². The summed E-state index contributed by atoms with van der Waals surface area (Å²) in [5, 5.41) is 0. The van der Waals surface area contributed by atoms with Crippen molar-refractivity contribution in [2.24, 2.45) is 0 Å². The largest absolute Gasteiger partial charge is 0.468 e. The molecule has 0 spiro atoms. The van der Waals surface area contributed by atoms with Gasteiger partial charge in [0.25, 0.3) is 0 Å². The summed E-state index contributed by atoms with van der Waals surface area (Å²) in [5.41, 5.74) is 0. The van der Waals surface area contributed by atoms with Crippen LogP contribution < -0.4 is 0 Å². The second-order valence-corrected chi connectivity index (χ2v) is 2.97. The van der Waals surface area contributed by atoms with Gasteiger partial charge in [0.1, 0.15) is 21.5 Å². The first kappa shape index (κ1) is 9.44. The molecule has 0 aliphatic heterocycles. The first-order valence-electron chi connectivity index (χ1n) is 1.80. The van der Waals surface area contributed by atoms with Crippen molar-refractivity contribution in [3.63, 3.8) is 0 Å². The number of hydrogen-bond acceptors (Lipinski definition) is 1. The zero-order chi connectivity index (χ0) is 7.28. The van der Waals surface area contributed by atoms with Gasteiger partial charge in [-0.05, 0) is 0 Å². The third-order valence-corrected chi connectivity index (χ3v) is 0.671. The first-order valence-corrected chi connectivity index (χ1v) is 3.32. The molecule has 1 nitrogen and oxygen atoms in total. The van der Waals surface area contributed by atoms with Crippen LogP contribution in [0.25, 0.3) is 0 Å². The summed E-state index contributed by atoms with van der Waals surface area (Å²) in [5.74, 6) is 0. The van der Waals surface area contributed by atoms with Crippen LogP contribution in [-0.4, -0.2) is 0 Å². The van der Waals surface area contributed by atoms with Crippen LogP contribution in [0.4, 0.5) is 0 Å². The molecular weight excluding hydrogens is 206 g/mol. The maximum atomic E-state index is 5.15. The Bertz CT molecular complexity index is 116. The highest BCUT2D eigenvalue weighted by Gasteiger charge is 1.82. The summed E-state index contributed by atoms with van der Waals surface area (Å²) in [4.78, 5) is 0. The van der Waals surface area contributed by atoms with Crippen LogP contribution in [0.5, 0.6) is 0 Å². The number of halogens is 4. The van der Waals surface area contributed by atoms with E-state index in [2.05, 4.69) is 4.74 Å². The molecule has 0 radical (unpaired) electrons. The van der Waals surface area contributed by atoms with Gasteiger partial charge in [-0.15, -0.1) is 0 Å². The molecule has 0 saturated heterocycles. The molecule has 5 heteroatoms. The Labute approximate surface area is 72.8 Å². The average molecular weight is 208 g/mol. The summed E-state index contributed by atoms with van der Waals surface area (Å²) < 4.78 is 4.51. The molecule has 0 aromatic rings. The zero-order valence-corrected chi connectivity index (χ0v) is 7.10. The summed E-state index contributed by atoms with van der Waals surface area (Å²) in [6.45, 7) is 0. The smallest absolute Gasteiger partial charge is 0.141 e. The fourth-order valence-corrected chi connectivity index (χ4v) is 0.343. The first-order chi connectivity index (χ1) is 4.13. The van der Waals surface area contributed by atoms with Crippen molar-refractivity contribution < 1.29 is 4.74 Å². The Morgan fingerprint density at radius 2 is 1.22 bits per heavy atom. The van der Waals surface area contributed by atoms with Gasteiger partial charge in [0, 0.05) is 0 Å². The summed E-state index contributed by atoms with van der Waals surface area (Å²) >= 11 is 20.6. The molecule has 0 aliphatic carbocycles. The molecule has 0 fully saturated rings. The molecule has 52 valence electrons. The Balaban J connectivity index is 3.53. The molecule has 0 atom stereocenters. The zero-order valence-electron chi connectivity index (χ0n) is 4.07. The van der Waals surface area contributed by atoms with E-state index >= 15 is 0 Å². The minimum atomic E-state index is 0.000772. The van der Waals surface area contributed by atoms with Crippen LogP contribution >= 0.6 is 46.4 Å². The number of rotatable bonds is 2. The summed E-state index contributed by atoms with van der Waals surface area (Å²) in [7, 11) is 0. The van der Waals surface area contributed by atoms with Crippen LogP contribution in [0.1, 0.15) is 0 Å². The second-order valence-electron chi connectivity index (χ2n) is 0.951. The van der Waals surface area contributed by atoms with Crippen molar-refractivity contribution >= 4 is 46.4 Å². The fourth-order valence-electron chi connectivity index (χ4n) is 0.137. The molecule has 0 aromatic carbocycles. The van der Waals surface area contributed by atoms with Crippen molar-refractivity contribution in [3.8, 4) is 0 Å². The highest BCUT2D eigenvalue weighted by atomic mass is 35.5. The van der Waals surface area contributed by atoms with Crippen LogP contribution in [0.15, 0.2) is 21.5 Å². The quantitative estimate of drug-likeness (QED) is 0.630. The van der Waals surface area contributed by atoms with E-state index in [0.717, 1.165) is 12.5 Å². The molecule has 0 rings (SSSR count). The maximum absolute atomic E-state index is 5.15. The third-order valence-electron chi connectivity index (χ3n) is 0.314. The molecule has 0 heterocycles. The molecular formula is C4H2Cl4O. The second kappa shape index (κ2) is 5.24. The highest BCUT2D eigenvalue weighted by molar-refractivity contribution is 6.56. The van der Waals surface area contributed by atoms with Gasteiger partial charge in [-0.1, -0.05) is 46.4 Å². The normalized spacial score (nSPS) is 8.00. The van der Waals surface area contributed by atoms with Crippen LogP contribution in [0, 0.1) is 0 Å². The van der Waals surface area contributed by atoms with E-state index in [-0.39, 0.29) is 8.98 Å². The van der Waals surface area contributed by atoms with Crippen molar-refractivity contribution in [1.82, 2.24) is 0 Å². The molecule has 0 saturated carbocycles. The lowest BCUT2D eigenvalue weighted by molar-refractivity contribution is 0.402. The third kappa shape index (κ3) is 8.44. The van der Waals surface area contributed by atoms with Gasteiger partial charge in [0.2, 0.25) is 0 Å². The van der Waals surface area contributed by atoms with Crippen molar-refractivity contribution in [1.29, 1.82) is 0 Å². The molecule has 0 bridgehead atoms. The van der Waals surface area contributed by atoms with Gasteiger partial charge in [0.15, 0.2) is 0 Å². The molecule has 0 N–H and O–H groups in total. The average Bonchev–Trinajstić information content (AvgIpc) is 1.63. The lowest BCUT2D eigenvalue weighted by atomic mass is 11.0. The van der Waals surface area contributed by atoms with Crippen molar-refractivity contribution in [2.75, 3.05) is 0 Å². The Morgan fingerprint density at radius 3 is 1.44 bits per heavy atom. The van der Waals surface area contributed by atoms with E-state index in [4.69, 9.17) is 46.4 Å².